The first-order chi connectivity index (χ1) is 8.42. The number of benzene rings is 2. The molecule has 2 aromatic carbocycles. The number of hydrogen-bond acceptors (Lipinski definition) is 2. The Balaban J connectivity index is 2.28. The summed E-state index contributed by atoms with van der Waals surface area (Å²) in [5.74, 6) is 0. The van der Waals surface area contributed by atoms with Crippen molar-refractivity contribution >= 4 is 32.8 Å². The molecule has 0 fully saturated rings. The van der Waals surface area contributed by atoms with E-state index in [1.54, 1.807) is 6.20 Å². The van der Waals surface area contributed by atoms with Crippen LogP contribution in [0.5, 0.6) is 0 Å². The average molecular weight is 219 g/mol. The molecular formula is C14H9N3. The molecule has 0 aliphatic carbocycles. The molecule has 0 atom stereocenters. The molecule has 0 aliphatic heterocycles. The Kier molecular flexibility index (Phi) is 1.56. The van der Waals surface area contributed by atoms with E-state index >= 15 is 0 Å². The van der Waals surface area contributed by atoms with Crippen LogP contribution in [0.25, 0.3) is 32.8 Å². The van der Waals surface area contributed by atoms with Crippen LogP contribution in [-0.4, -0.2) is 15.0 Å². The van der Waals surface area contributed by atoms with Crippen molar-refractivity contribution in [3.63, 3.8) is 0 Å². The second kappa shape index (κ2) is 3.04. The molecule has 17 heavy (non-hydrogen) atoms. The number of fused-ring (bicyclic) bond motifs is 4. The summed E-state index contributed by atoms with van der Waals surface area (Å²) in [6.07, 6.45) is 3.60. The van der Waals surface area contributed by atoms with Crippen LogP contribution in [0, 0.1) is 0 Å². The van der Waals surface area contributed by atoms with Crippen molar-refractivity contribution in [2.24, 2.45) is 0 Å². The van der Waals surface area contributed by atoms with E-state index in [2.05, 4.69) is 33.2 Å². The summed E-state index contributed by atoms with van der Waals surface area (Å²) in [4.78, 5) is 12.2. The molecule has 1 N–H and O–H groups in total. The molecule has 0 unspecified atom stereocenters. The van der Waals surface area contributed by atoms with E-state index < -0.39 is 0 Å². The average Bonchev–Trinajstić information content (AvgIpc) is 2.73. The van der Waals surface area contributed by atoms with Crippen molar-refractivity contribution in [3.05, 3.63) is 48.8 Å². The lowest BCUT2D eigenvalue weighted by Crippen LogP contribution is -1.81. The topological polar surface area (TPSA) is 41.6 Å². The Bertz CT molecular complexity index is 840. The van der Waals surface area contributed by atoms with Crippen LogP contribution < -0.4 is 0 Å². The van der Waals surface area contributed by atoms with Gasteiger partial charge in [-0.05, 0) is 18.2 Å². The van der Waals surface area contributed by atoms with Crippen molar-refractivity contribution in [2.45, 2.75) is 0 Å². The third-order valence-corrected chi connectivity index (χ3v) is 3.08. The fraction of sp³-hybridized carbons (Fsp3) is 0. The predicted octanol–water partition coefficient (Wildman–Crippen LogP) is 3.26. The summed E-state index contributed by atoms with van der Waals surface area (Å²) in [6, 6.07) is 12.3. The van der Waals surface area contributed by atoms with Gasteiger partial charge in [0.25, 0.3) is 0 Å². The number of para-hydroxylation sites is 1. The monoisotopic (exact) mass is 219 g/mol. The second-order valence-corrected chi connectivity index (χ2v) is 4.10. The Labute approximate surface area is 97.1 Å². The standard InChI is InChI=1S/C14H9N3/c1-2-4-11-9(3-1)10-7-13-14(8-12(10)17-11)16-6-5-15-13/h1-8,16H. The fourth-order valence-electron chi connectivity index (χ4n) is 2.28. The second-order valence-electron chi connectivity index (χ2n) is 4.10. The van der Waals surface area contributed by atoms with Gasteiger partial charge in [-0.25, -0.2) is 4.98 Å². The highest BCUT2D eigenvalue weighted by molar-refractivity contribution is 6.10. The lowest BCUT2D eigenvalue weighted by atomic mass is 10.1. The molecule has 3 heteroatoms. The minimum absolute atomic E-state index is 0.971. The number of nitrogens with zero attached hydrogens (tertiary/aromatic N) is 2. The quantitative estimate of drug-likeness (QED) is 0.493. The summed E-state index contributed by atoms with van der Waals surface area (Å²) < 4.78 is 0. The lowest BCUT2D eigenvalue weighted by molar-refractivity contribution is 1.30. The first-order valence-electron chi connectivity index (χ1n) is 5.53. The van der Waals surface area contributed by atoms with Gasteiger partial charge in [-0.2, -0.15) is 0 Å². The molecule has 0 saturated carbocycles. The number of rotatable bonds is 0. The van der Waals surface area contributed by atoms with Gasteiger partial charge in [-0.3, -0.25) is 4.98 Å². The Morgan fingerprint density at radius 1 is 0.882 bits per heavy atom. The van der Waals surface area contributed by atoms with Gasteiger partial charge in [0.2, 0.25) is 0 Å². The van der Waals surface area contributed by atoms with E-state index in [4.69, 9.17) is 0 Å². The molecule has 4 aromatic rings. The van der Waals surface area contributed by atoms with Crippen molar-refractivity contribution in [3.8, 4) is 0 Å². The summed E-state index contributed by atoms with van der Waals surface area (Å²) in [5, 5.41) is 2.36. The molecule has 2 aromatic heterocycles. The smallest absolute Gasteiger partial charge is 0.0872 e. The van der Waals surface area contributed by atoms with E-state index in [1.165, 1.54) is 10.8 Å². The maximum Gasteiger partial charge on any atom is 0.0872 e. The SMILES string of the molecule is c1ccc2c(c1)nc1cc3[nH]ccnc3cc12. The number of nitrogens with one attached hydrogen (secondary N) is 1. The number of aromatic nitrogens is 3. The van der Waals surface area contributed by atoms with Crippen molar-refractivity contribution in [1.82, 2.24) is 15.0 Å². The highest BCUT2D eigenvalue weighted by atomic mass is 14.8. The molecular weight excluding hydrogens is 210 g/mol. The van der Waals surface area contributed by atoms with E-state index in [0.717, 1.165) is 22.1 Å². The molecule has 0 aliphatic rings. The van der Waals surface area contributed by atoms with E-state index in [0.29, 0.717) is 0 Å². The van der Waals surface area contributed by atoms with Crippen molar-refractivity contribution in [2.75, 3.05) is 0 Å². The fourth-order valence-corrected chi connectivity index (χ4v) is 2.28. The van der Waals surface area contributed by atoms with E-state index in [-0.39, 0.29) is 0 Å². The zero-order valence-electron chi connectivity index (χ0n) is 9.01. The molecule has 2 heterocycles. The zero-order chi connectivity index (χ0) is 11.2. The van der Waals surface area contributed by atoms with E-state index in [9.17, 15) is 0 Å². The highest BCUT2D eigenvalue weighted by Crippen LogP contribution is 2.27. The van der Waals surface area contributed by atoms with Crippen LogP contribution in [0.15, 0.2) is 48.8 Å². The van der Waals surface area contributed by atoms with Crippen LogP contribution in [0.3, 0.4) is 0 Å². The lowest BCUT2D eigenvalue weighted by Gasteiger charge is -1.96. The van der Waals surface area contributed by atoms with Crippen LogP contribution in [-0.2, 0) is 0 Å². The first kappa shape index (κ1) is 8.70. The number of aromatic amines is 1. The number of H-pyrrole nitrogens is 1. The van der Waals surface area contributed by atoms with E-state index in [1.807, 2.05) is 24.4 Å². The molecule has 0 radical (unpaired) electrons. The van der Waals surface area contributed by atoms with Gasteiger partial charge in [-0.15, -0.1) is 0 Å². The highest BCUT2D eigenvalue weighted by Gasteiger charge is 2.06. The zero-order valence-corrected chi connectivity index (χ0v) is 9.01. The van der Waals surface area contributed by atoms with Gasteiger partial charge >= 0.3 is 0 Å². The summed E-state index contributed by atoms with van der Waals surface area (Å²) in [7, 11) is 0. The summed E-state index contributed by atoms with van der Waals surface area (Å²) in [5.41, 5.74) is 4.04. The van der Waals surface area contributed by atoms with Gasteiger partial charge in [0.05, 0.1) is 22.1 Å². The molecule has 3 nitrogen and oxygen atoms in total. The maximum atomic E-state index is 4.62. The maximum absolute atomic E-state index is 4.62. The minimum Gasteiger partial charge on any atom is -0.358 e. The van der Waals surface area contributed by atoms with Crippen LogP contribution in [0.4, 0.5) is 0 Å². The summed E-state index contributed by atoms with van der Waals surface area (Å²) >= 11 is 0. The van der Waals surface area contributed by atoms with Crippen LogP contribution in [0.2, 0.25) is 0 Å². The Hall–Kier alpha value is -2.42. The normalized spacial score (nSPS) is 11.5. The Morgan fingerprint density at radius 2 is 1.82 bits per heavy atom. The third kappa shape index (κ3) is 1.16. The van der Waals surface area contributed by atoms with Crippen LogP contribution in [0.1, 0.15) is 0 Å². The van der Waals surface area contributed by atoms with Gasteiger partial charge < -0.3 is 4.98 Å². The molecule has 0 spiro atoms. The molecule has 0 saturated heterocycles. The Morgan fingerprint density at radius 3 is 2.82 bits per heavy atom. The van der Waals surface area contributed by atoms with Gasteiger partial charge in [0, 0.05) is 23.2 Å². The first-order valence-corrected chi connectivity index (χ1v) is 5.53. The van der Waals surface area contributed by atoms with Gasteiger partial charge in [0.1, 0.15) is 0 Å². The number of hydrogen-bond donors (Lipinski definition) is 1. The van der Waals surface area contributed by atoms with Gasteiger partial charge in [-0.1, -0.05) is 18.2 Å². The molecule has 0 amide bonds. The van der Waals surface area contributed by atoms with Crippen molar-refractivity contribution < 1.29 is 0 Å². The van der Waals surface area contributed by atoms with Crippen molar-refractivity contribution in [1.29, 1.82) is 0 Å². The molecule has 4 rings (SSSR count). The third-order valence-electron chi connectivity index (χ3n) is 3.08. The largest absolute Gasteiger partial charge is 0.358 e. The summed E-state index contributed by atoms with van der Waals surface area (Å²) in [6.45, 7) is 0. The molecule has 0 bridgehead atoms. The predicted molar refractivity (Wildman–Crippen MR) is 68.9 cm³/mol. The van der Waals surface area contributed by atoms with Gasteiger partial charge in [0.15, 0.2) is 0 Å². The molecule has 80 valence electrons. The minimum atomic E-state index is 0.971. The van der Waals surface area contributed by atoms with Crippen LogP contribution >= 0.6 is 0 Å².